The lowest BCUT2D eigenvalue weighted by atomic mass is 9.98. The minimum atomic E-state index is -4.57. The SMILES string of the molecule is O=C(Nc1cc(C(F)(F)F)ccc1-c1ccccc1)NC1(C(=O)O)CCCC1. The standard InChI is InChI=1S/C20H19F3N2O3/c21-20(22,23)14-8-9-15(13-6-2-1-3-7-13)16(12-14)24-18(28)25-19(17(26)27)10-4-5-11-19/h1-3,6-9,12H,4-5,10-11H2,(H,26,27)(H2,24,25,28). The van der Waals surface area contributed by atoms with Gasteiger partial charge in [0.25, 0.3) is 0 Å². The zero-order valence-electron chi connectivity index (χ0n) is 14.8. The van der Waals surface area contributed by atoms with Crippen molar-refractivity contribution in [2.45, 2.75) is 37.4 Å². The molecule has 28 heavy (non-hydrogen) atoms. The van der Waals surface area contributed by atoms with Crippen molar-refractivity contribution in [3.8, 4) is 11.1 Å². The monoisotopic (exact) mass is 392 g/mol. The number of carboxylic acids is 1. The molecule has 1 aliphatic carbocycles. The van der Waals surface area contributed by atoms with Crippen LogP contribution in [0.3, 0.4) is 0 Å². The average Bonchev–Trinajstić information content (AvgIpc) is 3.11. The molecule has 0 aromatic heterocycles. The van der Waals surface area contributed by atoms with Crippen LogP contribution < -0.4 is 10.6 Å². The number of alkyl halides is 3. The van der Waals surface area contributed by atoms with E-state index in [0.717, 1.165) is 12.1 Å². The molecule has 0 saturated heterocycles. The minimum absolute atomic E-state index is 0.0444. The van der Waals surface area contributed by atoms with E-state index in [2.05, 4.69) is 10.6 Å². The molecule has 1 saturated carbocycles. The smallest absolute Gasteiger partial charge is 0.416 e. The van der Waals surface area contributed by atoms with Crippen molar-refractivity contribution in [1.82, 2.24) is 5.32 Å². The van der Waals surface area contributed by atoms with Gasteiger partial charge in [0.15, 0.2) is 0 Å². The second kappa shape index (κ2) is 7.53. The maximum Gasteiger partial charge on any atom is 0.416 e. The Kier molecular flexibility index (Phi) is 5.31. The molecule has 2 aromatic rings. The summed E-state index contributed by atoms with van der Waals surface area (Å²) in [5.74, 6) is -1.15. The summed E-state index contributed by atoms with van der Waals surface area (Å²) < 4.78 is 39.4. The van der Waals surface area contributed by atoms with Crippen LogP contribution in [0.5, 0.6) is 0 Å². The number of hydrogen-bond acceptors (Lipinski definition) is 2. The summed E-state index contributed by atoms with van der Waals surface area (Å²) in [5, 5.41) is 14.3. The first-order valence-electron chi connectivity index (χ1n) is 8.80. The first-order valence-corrected chi connectivity index (χ1v) is 8.80. The fourth-order valence-electron chi connectivity index (χ4n) is 3.44. The van der Waals surface area contributed by atoms with Crippen LogP contribution in [0.4, 0.5) is 23.7 Å². The predicted octanol–water partition coefficient (Wildman–Crippen LogP) is 4.89. The number of amides is 2. The van der Waals surface area contributed by atoms with Crippen molar-refractivity contribution in [3.05, 3.63) is 54.1 Å². The molecular weight excluding hydrogens is 373 g/mol. The van der Waals surface area contributed by atoms with Crippen molar-refractivity contribution in [3.63, 3.8) is 0 Å². The Morgan fingerprint density at radius 2 is 1.64 bits per heavy atom. The Labute approximate surface area is 159 Å². The van der Waals surface area contributed by atoms with Crippen molar-refractivity contribution >= 4 is 17.7 Å². The summed E-state index contributed by atoms with van der Waals surface area (Å²) >= 11 is 0. The number of halogens is 3. The first kappa shape index (κ1) is 19.7. The fourth-order valence-corrected chi connectivity index (χ4v) is 3.44. The maximum atomic E-state index is 13.1. The summed E-state index contributed by atoms with van der Waals surface area (Å²) in [6.07, 6.45) is -2.69. The Bertz CT molecular complexity index is 876. The number of anilines is 1. The molecule has 1 fully saturated rings. The van der Waals surface area contributed by atoms with E-state index in [9.17, 15) is 27.9 Å². The Morgan fingerprint density at radius 3 is 2.21 bits per heavy atom. The quantitative estimate of drug-likeness (QED) is 0.693. The predicted molar refractivity (Wildman–Crippen MR) is 97.9 cm³/mol. The second-order valence-electron chi connectivity index (χ2n) is 6.80. The Balaban J connectivity index is 1.92. The van der Waals surface area contributed by atoms with Crippen LogP contribution in [-0.4, -0.2) is 22.6 Å². The van der Waals surface area contributed by atoms with Gasteiger partial charge in [0, 0.05) is 5.56 Å². The van der Waals surface area contributed by atoms with Crippen LogP contribution in [0.15, 0.2) is 48.5 Å². The number of aliphatic carboxylic acids is 1. The van der Waals surface area contributed by atoms with Gasteiger partial charge >= 0.3 is 18.2 Å². The van der Waals surface area contributed by atoms with Gasteiger partial charge in [-0.1, -0.05) is 49.2 Å². The van der Waals surface area contributed by atoms with Crippen LogP contribution in [0.2, 0.25) is 0 Å². The molecule has 148 valence electrons. The van der Waals surface area contributed by atoms with E-state index in [4.69, 9.17) is 0 Å². The van der Waals surface area contributed by atoms with Gasteiger partial charge in [-0.2, -0.15) is 13.2 Å². The Hall–Kier alpha value is -3.03. The van der Waals surface area contributed by atoms with Crippen LogP contribution in [0.25, 0.3) is 11.1 Å². The van der Waals surface area contributed by atoms with Gasteiger partial charge in [0.05, 0.1) is 11.3 Å². The summed E-state index contributed by atoms with van der Waals surface area (Å²) in [5.41, 5.74) is -1.31. The van der Waals surface area contributed by atoms with Gasteiger partial charge in [-0.25, -0.2) is 9.59 Å². The van der Waals surface area contributed by atoms with E-state index in [0.29, 0.717) is 24.0 Å². The molecule has 5 nitrogen and oxygen atoms in total. The number of carbonyl (C=O) groups excluding carboxylic acids is 1. The van der Waals surface area contributed by atoms with Crippen LogP contribution >= 0.6 is 0 Å². The molecule has 0 bridgehead atoms. The third kappa shape index (κ3) is 4.11. The minimum Gasteiger partial charge on any atom is -0.480 e. The highest BCUT2D eigenvalue weighted by molar-refractivity contribution is 5.97. The highest BCUT2D eigenvalue weighted by Crippen LogP contribution is 2.36. The largest absolute Gasteiger partial charge is 0.480 e. The molecule has 0 atom stereocenters. The van der Waals surface area contributed by atoms with E-state index in [1.165, 1.54) is 6.07 Å². The number of benzene rings is 2. The second-order valence-corrected chi connectivity index (χ2v) is 6.80. The molecule has 3 rings (SSSR count). The molecule has 0 heterocycles. The first-order chi connectivity index (χ1) is 13.2. The molecule has 2 amide bonds. The van der Waals surface area contributed by atoms with Crippen LogP contribution in [0, 0.1) is 0 Å². The third-order valence-corrected chi connectivity index (χ3v) is 4.90. The number of carbonyl (C=O) groups is 2. The number of carboxylic acid groups (broad SMARTS) is 1. The lowest BCUT2D eigenvalue weighted by Crippen LogP contribution is -2.53. The van der Waals surface area contributed by atoms with E-state index in [1.807, 2.05) is 0 Å². The molecule has 1 aliphatic rings. The van der Waals surface area contributed by atoms with Crippen LogP contribution in [0.1, 0.15) is 31.2 Å². The van der Waals surface area contributed by atoms with Gasteiger partial charge < -0.3 is 15.7 Å². The lowest BCUT2D eigenvalue weighted by Gasteiger charge is -2.26. The summed E-state index contributed by atoms with van der Waals surface area (Å²) in [4.78, 5) is 24.1. The molecule has 0 radical (unpaired) electrons. The van der Waals surface area contributed by atoms with Gasteiger partial charge in [0.2, 0.25) is 0 Å². The molecule has 2 aromatic carbocycles. The van der Waals surface area contributed by atoms with Gasteiger partial charge in [-0.15, -0.1) is 0 Å². The Morgan fingerprint density at radius 1 is 1.00 bits per heavy atom. The van der Waals surface area contributed by atoms with Crippen molar-refractivity contribution < 1.29 is 27.9 Å². The molecule has 0 spiro atoms. The zero-order valence-corrected chi connectivity index (χ0v) is 14.8. The fraction of sp³-hybridized carbons (Fsp3) is 0.300. The molecule has 3 N–H and O–H groups in total. The van der Waals surface area contributed by atoms with Crippen molar-refractivity contribution in [2.75, 3.05) is 5.32 Å². The average molecular weight is 392 g/mol. The molecule has 8 heteroatoms. The number of urea groups is 1. The molecular formula is C20H19F3N2O3. The lowest BCUT2D eigenvalue weighted by molar-refractivity contribution is -0.144. The number of nitrogens with one attached hydrogen (secondary N) is 2. The van der Waals surface area contributed by atoms with Crippen molar-refractivity contribution in [1.29, 1.82) is 0 Å². The topological polar surface area (TPSA) is 78.4 Å². The maximum absolute atomic E-state index is 13.1. The van der Waals surface area contributed by atoms with E-state index < -0.39 is 29.3 Å². The summed E-state index contributed by atoms with van der Waals surface area (Å²) in [6, 6.07) is 10.9. The third-order valence-electron chi connectivity index (χ3n) is 4.90. The van der Waals surface area contributed by atoms with E-state index in [-0.39, 0.29) is 18.5 Å². The molecule has 0 unspecified atom stereocenters. The van der Waals surface area contributed by atoms with E-state index >= 15 is 0 Å². The normalized spacial score (nSPS) is 15.8. The highest BCUT2D eigenvalue weighted by atomic mass is 19.4. The molecule has 0 aliphatic heterocycles. The number of rotatable bonds is 4. The summed E-state index contributed by atoms with van der Waals surface area (Å²) in [6.45, 7) is 0. The number of hydrogen-bond donors (Lipinski definition) is 3. The van der Waals surface area contributed by atoms with E-state index in [1.54, 1.807) is 30.3 Å². The van der Waals surface area contributed by atoms with Crippen molar-refractivity contribution in [2.24, 2.45) is 0 Å². The van der Waals surface area contributed by atoms with Gasteiger partial charge in [-0.3, -0.25) is 0 Å². The zero-order chi connectivity index (χ0) is 20.4. The van der Waals surface area contributed by atoms with Crippen LogP contribution in [-0.2, 0) is 11.0 Å². The van der Waals surface area contributed by atoms with Gasteiger partial charge in [-0.05, 0) is 30.5 Å². The van der Waals surface area contributed by atoms with Gasteiger partial charge in [0.1, 0.15) is 5.54 Å². The highest BCUT2D eigenvalue weighted by Gasteiger charge is 2.42. The summed E-state index contributed by atoms with van der Waals surface area (Å²) in [7, 11) is 0.